The Kier molecular flexibility index (Phi) is 4.91. The highest BCUT2D eigenvalue weighted by molar-refractivity contribution is 7.89. The van der Waals surface area contributed by atoms with Crippen LogP contribution in [0.25, 0.3) is 0 Å². The maximum atomic E-state index is 12.7. The van der Waals surface area contributed by atoms with Crippen molar-refractivity contribution < 1.29 is 17.7 Å². The van der Waals surface area contributed by atoms with Gasteiger partial charge in [-0.15, -0.1) is 0 Å². The molecule has 1 fully saturated rings. The number of aromatic nitrogens is 1. The Bertz CT molecular complexity index is 643. The molecule has 1 aliphatic heterocycles. The number of sulfonamides is 1. The van der Waals surface area contributed by atoms with Gasteiger partial charge in [0, 0.05) is 32.1 Å². The number of amides is 1. The molecule has 0 spiro atoms. The van der Waals surface area contributed by atoms with Crippen LogP contribution < -0.4 is 0 Å². The van der Waals surface area contributed by atoms with E-state index < -0.39 is 10.0 Å². The molecule has 2 heterocycles. The average molecular weight is 329 g/mol. The van der Waals surface area contributed by atoms with Crippen LogP contribution in [0.4, 0.5) is 0 Å². The summed E-state index contributed by atoms with van der Waals surface area (Å²) < 4.78 is 30.4. The van der Waals surface area contributed by atoms with Crippen molar-refractivity contribution in [2.75, 3.05) is 31.9 Å². The van der Waals surface area contributed by atoms with Crippen LogP contribution in [0.15, 0.2) is 4.52 Å². The second-order valence-corrected chi connectivity index (χ2v) is 8.01. The molecule has 22 heavy (non-hydrogen) atoms. The molecule has 0 aromatic carbocycles. The first-order valence-corrected chi connectivity index (χ1v) is 9.12. The van der Waals surface area contributed by atoms with Gasteiger partial charge in [0.2, 0.25) is 10.0 Å². The Hall–Kier alpha value is -1.41. The Balaban J connectivity index is 2.12. The molecular formula is C14H23N3O4S. The molecule has 0 radical (unpaired) electrons. The normalized spacial score (nSPS) is 17.2. The molecule has 0 unspecified atom stereocenters. The zero-order chi connectivity index (χ0) is 16.5. The third-order valence-corrected chi connectivity index (χ3v) is 5.79. The van der Waals surface area contributed by atoms with Gasteiger partial charge in [0.25, 0.3) is 5.91 Å². The highest BCUT2D eigenvalue weighted by Crippen LogP contribution is 2.24. The summed E-state index contributed by atoms with van der Waals surface area (Å²) in [6.07, 6.45) is 0. The maximum absolute atomic E-state index is 12.7. The fourth-order valence-corrected chi connectivity index (χ4v) is 3.64. The molecule has 0 N–H and O–H groups in total. The molecule has 1 amide bonds. The van der Waals surface area contributed by atoms with Crippen LogP contribution in [0, 0.1) is 6.92 Å². The van der Waals surface area contributed by atoms with Gasteiger partial charge in [0.05, 0.1) is 11.4 Å². The van der Waals surface area contributed by atoms with Gasteiger partial charge in [0.1, 0.15) is 5.56 Å². The Labute approximate surface area is 131 Å². The molecule has 0 atom stereocenters. The minimum atomic E-state index is -3.19. The molecule has 1 aromatic rings. The number of hydrogen-bond acceptors (Lipinski definition) is 5. The van der Waals surface area contributed by atoms with Gasteiger partial charge in [-0.1, -0.05) is 19.0 Å². The molecule has 1 aromatic heterocycles. The molecule has 1 saturated heterocycles. The summed E-state index contributed by atoms with van der Waals surface area (Å²) >= 11 is 0. The predicted molar refractivity (Wildman–Crippen MR) is 82.3 cm³/mol. The van der Waals surface area contributed by atoms with Crippen molar-refractivity contribution >= 4 is 15.9 Å². The quantitative estimate of drug-likeness (QED) is 0.829. The molecule has 124 valence electrons. The predicted octanol–water partition coefficient (Wildman–Crippen LogP) is 1.21. The summed E-state index contributed by atoms with van der Waals surface area (Å²) in [4.78, 5) is 14.4. The fourth-order valence-electron chi connectivity index (χ4n) is 2.55. The third kappa shape index (κ3) is 3.17. The SMILES string of the molecule is CCS(=O)(=O)N1CCN(C(=O)c2c(C)noc2C(C)C)CC1. The van der Waals surface area contributed by atoms with Crippen molar-refractivity contribution in [2.24, 2.45) is 0 Å². The van der Waals surface area contributed by atoms with Gasteiger partial charge in [-0.05, 0) is 13.8 Å². The lowest BCUT2D eigenvalue weighted by Crippen LogP contribution is -2.51. The van der Waals surface area contributed by atoms with Crippen LogP contribution in [-0.4, -0.2) is 60.6 Å². The van der Waals surface area contributed by atoms with Crippen LogP contribution in [0.1, 0.15) is 48.5 Å². The van der Waals surface area contributed by atoms with E-state index in [4.69, 9.17) is 4.52 Å². The second kappa shape index (κ2) is 6.37. The van der Waals surface area contributed by atoms with Crippen LogP contribution in [0.5, 0.6) is 0 Å². The summed E-state index contributed by atoms with van der Waals surface area (Å²) in [5.74, 6) is 0.618. The lowest BCUT2D eigenvalue weighted by Gasteiger charge is -2.33. The van der Waals surface area contributed by atoms with Gasteiger partial charge in [-0.2, -0.15) is 4.31 Å². The molecule has 2 rings (SSSR count). The van der Waals surface area contributed by atoms with E-state index in [9.17, 15) is 13.2 Å². The lowest BCUT2D eigenvalue weighted by atomic mass is 10.0. The van der Waals surface area contributed by atoms with Crippen molar-refractivity contribution in [1.82, 2.24) is 14.4 Å². The van der Waals surface area contributed by atoms with E-state index >= 15 is 0 Å². The molecule has 0 saturated carbocycles. The third-order valence-electron chi connectivity index (χ3n) is 3.91. The van der Waals surface area contributed by atoms with Crippen LogP contribution >= 0.6 is 0 Å². The highest BCUT2D eigenvalue weighted by Gasteiger charge is 2.31. The van der Waals surface area contributed by atoms with Crippen molar-refractivity contribution in [3.8, 4) is 0 Å². The molecule has 0 bridgehead atoms. The Morgan fingerprint density at radius 3 is 2.36 bits per heavy atom. The highest BCUT2D eigenvalue weighted by atomic mass is 32.2. The van der Waals surface area contributed by atoms with Crippen molar-refractivity contribution in [2.45, 2.75) is 33.6 Å². The first-order chi connectivity index (χ1) is 10.3. The number of carbonyl (C=O) groups excluding carboxylic acids is 1. The minimum Gasteiger partial charge on any atom is -0.360 e. The molecule has 0 aliphatic carbocycles. The Morgan fingerprint density at radius 2 is 1.86 bits per heavy atom. The van der Waals surface area contributed by atoms with Gasteiger partial charge in [0.15, 0.2) is 5.76 Å². The van der Waals surface area contributed by atoms with E-state index in [1.807, 2.05) is 13.8 Å². The number of aryl methyl sites for hydroxylation is 1. The van der Waals surface area contributed by atoms with E-state index in [1.165, 1.54) is 4.31 Å². The van der Waals surface area contributed by atoms with E-state index in [0.29, 0.717) is 43.2 Å². The summed E-state index contributed by atoms with van der Waals surface area (Å²) in [6, 6.07) is 0. The molecule has 1 aliphatic rings. The number of rotatable bonds is 4. The van der Waals surface area contributed by atoms with Gasteiger partial charge in [-0.25, -0.2) is 8.42 Å². The van der Waals surface area contributed by atoms with E-state index in [2.05, 4.69) is 5.16 Å². The molecular weight excluding hydrogens is 306 g/mol. The van der Waals surface area contributed by atoms with Gasteiger partial charge < -0.3 is 9.42 Å². The van der Waals surface area contributed by atoms with Crippen LogP contribution in [0.2, 0.25) is 0 Å². The summed E-state index contributed by atoms with van der Waals surface area (Å²) in [5, 5.41) is 3.89. The fraction of sp³-hybridized carbons (Fsp3) is 0.714. The van der Waals surface area contributed by atoms with Crippen molar-refractivity contribution in [3.05, 3.63) is 17.0 Å². The zero-order valence-electron chi connectivity index (χ0n) is 13.5. The van der Waals surface area contributed by atoms with E-state index in [1.54, 1.807) is 18.7 Å². The van der Waals surface area contributed by atoms with Gasteiger partial charge in [-0.3, -0.25) is 4.79 Å². The minimum absolute atomic E-state index is 0.0712. The second-order valence-electron chi connectivity index (χ2n) is 5.75. The Morgan fingerprint density at radius 1 is 1.27 bits per heavy atom. The average Bonchev–Trinajstić information content (AvgIpc) is 2.88. The smallest absolute Gasteiger partial charge is 0.259 e. The number of nitrogens with zero attached hydrogens (tertiary/aromatic N) is 3. The van der Waals surface area contributed by atoms with Crippen molar-refractivity contribution in [3.63, 3.8) is 0 Å². The van der Waals surface area contributed by atoms with Crippen LogP contribution in [-0.2, 0) is 10.0 Å². The summed E-state index contributed by atoms with van der Waals surface area (Å²) in [6.45, 7) is 8.72. The zero-order valence-corrected chi connectivity index (χ0v) is 14.3. The first-order valence-electron chi connectivity index (χ1n) is 7.51. The standard InChI is InChI=1S/C14H23N3O4S/c1-5-22(19,20)17-8-6-16(7-9-17)14(18)12-11(4)15-21-13(12)10(2)3/h10H,5-9H2,1-4H3. The topological polar surface area (TPSA) is 83.7 Å². The van der Waals surface area contributed by atoms with E-state index in [0.717, 1.165) is 0 Å². The number of piperazine rings is 1. The van der Waals surface area contributed by atoms with Gasteiger partial charge >= 0.3 is 0 Å². The van der Waals surface area contributed by atoms with Crippen LogP contribution in [0.3, 0.4) is 0 Å². The molecule has 8 heteroatoms. The number of hydrogen-bond donors (Lipinski definition) is 0. The number of carbonyl (C=O) groups is 1. The first kappa shape index (κ1) is 17.0. The van der Waals surface area contributed by atoms with Crippen molar-refractivity contribution in [1.29, 1.82) is 0 Å². The maximum Gasteiger partial charge on any atom is 0.259 e. The summed E-state index contributed by atoms with van der Waals surface area (Å²) in [7, 11) is -3.19. The lowest BCUT2D eigenvalue weighted by molar-refractivity contribution is 0.0694. The van der Waals surface area contributed by atoms with E-state index in [-0.39, 0.29) is 17.6 Å². The largest absolute Gasteiger partial charge is 0.360 e. The monoisotopic (exact) mass is 329 g/mol. The molecule has 7 nitrogen and oxygen atoms in total. The summed E-state index contributed by atoms with van der Waals surface area (Å²) in [5.41, 5.74) is 1.10.